The third kappa shape index (κ3) is 5.03. The maximum Gasteiger partial charge on any atom is 0.0622 e. The molecule has 0 aliphatic rings. The fourth-order valence-corrected chi connectivity index (χ4v) is 0.461. The topological polar surface area (TPSA) is 50.4 Å². The molecule has 0 amide bonds. The van der Waals surface area contributed by atoms with Gasteiger partial charge in [-0.2, -0.15) is 0 Å². The highest BCUT2D eigenvalue weighted by Crippen LogP contribution is 1.81. The van der Waals surface area contributed by atoms with Gasteiger partial charge in [0.1, 0.15) is 0 Å². The summed E-state index contributed by atoms with van der Waals surface area (Å²) in [6, 6.07) is 0. The minimum Gasteiger partial charge on any atom is -0.378 e. The average molecular weight is 127 g/mol. The van der Waals surface area contributed by atoms with E-state index in [1.165, 1.54) is 0 Å². The van der Waals surface area contributed by atoms with Crippen LogP contribution in [0.25, 0.3) is 0 Å². The van der Waals surface area contributed by atoms with Crippen molar-refractivity contribution in [1.29, 1.82) is 0 Å². The van der Waals surface area contributed by atoms with E-state index in [-0.39, 0.29) is 0 Å². The van der Waals surface area contributed by atoms with Crippen molar-refractivity contribution < 1.29 is 0 Å². The lowest BCUT2D eigenvalue weighted by atomic mass is 10.4. The summed E-state index contributed by atoms with van der Waals surface area (Å²) < 4.78 is 0. The van der Waals surface area contributed by atoms with Crippen molar-refractivity contribution in [3.63, 3.8) is 0 Å². The summed E-state index contributed by atoms with van der Waals surface area (Å²) in [4.78, 5) is 3.81. The van der Waals surface area contributed by atoms with Gasteiger partial charge in [0.15, 0.2) is 0 Å². The van der Waals surface area contributed by atoms with Gasteiger partial charge >= 0.3 is 0 Å². The van der Waals surface area contributed by atoms with Crippen molar-refractivity contribution >= 4 is 6.21 Å². The lowest BCUT2D eigenvalue weighted by molar-refractivity contribution is 0.879. The van der Waals surface area contributed by atoms with Crippen LogP contribution in [0.3, 0.4) is 0 Å². The van der Waals surface area contributed by atoms with Gasteiger partial charge in [-0.3, -0.25) is 4.99 Å². The van der Waals surface area contributed by atoms with Crippen LogP contribution in [0.1, 0.15) is 6.92 Å². The molecule has 52 valence electrons. The summed E-state index contributed by atoms with van der Waals surface area (Å²) in [6.07, 6.45) is 3.59. The Morgan fingerprint density at radius 2 is 2.44 bits per heavy atom. The van der Waals surface area contributed by atoms with Crippen LogP contribution in [0.4, 0.5) is 0 Å². The number of nitrogens with one attached hydrogen (secondary N) is 1. The van der Waals surface area contributed by atoms with Gasteiger partial charge in [0, 0.05) is 19.5 Å². The van der Waals surface area contributed by atoms with Gasteiger partial charge in [0.2, 0.25) is 0 Å². The number of allylic oxidation sites excluding steroid dienone is 1. The normalized spacial score (nSPS) is 12.6. The predicted octanol–water partition coefficient (Wildman–Crippen LogP) is 0.0966. The van der Waals surface area contributed by atoms with Gasteiger partial charge in [-0.1, -0.05) is 0 Å². The van der Waals surface area contributed by atoms with Crippen LogP contribution in [0.15, 0.2) is 16.8 Å². The van der Waals surface area contributed by atoms with Crippen LogP contribution in [0.5, 0.6) is 0 Å². The standard InChI is InChI=1S/C6H13N3/c1-6(3-8-2)4-9-5-7/h3-4,9H,5,7H2,1-2H3/b6-4-,8-3-. The van der Waals surface area contributed by atoms with Crippen LogP contribution in [0, 0.1) is 0 Å². The molecule has 0 saturated carbocycles. The van der Waals surface area contributed by atoms with Crippen LogP contribution in [-0.4, -0.2) is 19.9 Å². The molecule has 0 rings (SSSR count). The van der Waals surface area contributed by atoms with E-state index in [1.807, 2.05) is 13.1 Å². The first kappa shape index (κ1) is 8.17. The molecule has 0 fully saturated rings. The minimum absolute atomic E-state index is 0.467. The Balaban J connectivity index is 3.55. The SMILES string of the molecule is C/N=C\C(C)=C/NCN. The second-order valence-corrected chi connectivity index (χ2v) is 1.68. The van der Waals surface area contributed by atoms with Gasteiger partial charge in [-0.05, 0) is 12.5 Å². The van der Waals surface area contributed by atoms with E-state index in [0.717, 1.165) is 5.57 Å². The summed E-state index contributed by atoms with van der Waals surface area (Å²) in [5, 5.41) is 2.86. The van der Waals surface area contributed by atoms with Gasteiger partial charge in [-0.25, -0.2) is 0 Å². The monoisotopic (exact) mass is 127 g/mol. The second kappa shape index (κ2) is 5.31. The Labute approximate surface area is 55.7 Å². The van der Waals surface area contributed by atoms with Crippen molar-refractivity contribution in [3.05, 3.63) is 11.8 Å². The van der Waals surface area contributed by atoms with Gasteiger partial charge in [0.05, 0.1) is 6.67 Å². The van der Waals surface area contributed by atoms with Gasteiger partial charge < -0.3 is 11.1 Å². The van der Waals surface area contributed by atoms with Crippen molar-refractivity contribution in [2.45, 2.75) is 6.92 Å². The smallest absolute Gasteiger partial charge is 0.0622 e. The Bertz CT molecular complexity index is 115. The molecule has 0 aliphatic carbocycles. The van der Waals surface area contributed by atoms with E-state index in [1.54, 1.807) is 13.3 Å². The van der Waals surface area contributed by atoms with Crippen LogP contribution in [0.2, 0.25) is 0 Å². The van der Waals surface area contributed by atoms with E-state index >= 15 is 0 Å². The zero-order valence-electron chi connectivity index (χ0n) is 5.89. The lowest BCUT2D eigenvalue weighted by Crippen LogP contribution is -2.16. The second-order valence-electron chi connectivity index (χ2n) is 1.68. The molecule has 0 atom stereocenters. The van der Waals surface area contributed by atoms with Crippen molar-refractivity contribution in [2.75, 3.05) is 13.7 Å². The molecule has 9 heavy (non-hydrogen) atoms. The molecule has 3 N–H and O–H groups in total. The molecule has 0 spiro atoms. The summed E-state index contributed by atoms with van der Waals surface area (Å²) in [5.41, 5.74) is 6.24. The first-order valence-electron chi connectivity index (χ1n) is 2.83. The molecular formula is C6H13N3. The summed E-state index contributed by atoms with van der Waals surface area (Å²) in [6.45, 7) is 2.42. The minimum atomic E-state index is 0.467. The quantitative estimate of drug-likeness (QED) is 0.417. The Kier molecular flexibility index (Phi) is 4.82. The maximum atomic E-state index is 5.17. The predicted molar refractivity (Wildman–Crippen MR) is 40.4 cm³/mol. The number of rotatable bonds is 3. The van der Waals surface area contributed by atoms with Gasteiger partial charge in [-0.15, -0.1) is 0 Å². The number of nitrogens with zero attached hydrogens (tertiary/aromatic N) is 1. The molecule has 0 unspecified atom stereocenters. The third-order valence-corrected chi connectivity index (χ3v) is 0.780. The number of hydrogen-bond donors (Lipinski definition) is 2. The largest absolute Gasteiger partial charge is 0.378 e. The molecule has 0 saturated heterocycles. The lowest BCUT2D eigenvalue weighted by Gasteiger charge is -1.92. The summed E-state index contributed by atoms with van der Waals surface area (Å²) in [5.74, 6) is 0. The Morgan fingerprint density at radius 1 is 1.78 bits per heavy atom. The van der Waals surface area contributed by atoms with Crippen LogP contribution >= 0.6 is 0 Å². The molecule has 0 radical (unpaired) electrons. The fourth-order valence-electron chi connectivity index (χ4n) is 0.461. The molecule has 0 heterocycles. The highest BCUT2D eigenvalue weighted by Gasteiger charge is 1.76. The third-order valence-electron chi connectivity index (χ3n) is 0.780. The molecule has 3 heteroatoms. The highest BCUT2D eigenvalue weighted by molar-refractivity contribution is 5.77. The zero-order valence-corrected chi connectivity index (χ0v) is 5.89. The number of hydrogen-bond acceptors (Lipinski definition) is 3. The molecule has 0 aromatic rings. The highest BCUT2D eigenvalue weighted by atomic mass is 14.9. The van der Waals surface area contributed by atoms with Crippen molar-refractivity contribution in [3.8, 4) is 0 Å². The van der Waals surface area contributed by atoms with E-state index in [9.17, 15) is 0 Å². The van der Waals surface area contributed by atoms with Gasteiger partial charge in [0.25, 0.3) is 0 Å². The molecular weight excluding hydrogens is 114 g/mol. The number of aliphatic imine (C=N–C) groups is 1. The van der Waals surface area contributed by atoms with E-state index in [2.05, 4.69) is 10.3 Å². The molecule has 0 aromatic carbocycles. The first-order valence-corrected chi connectivity index (χ1v) is 2.83. The average Bonchev–Trinajstić information content (AvgIpc) is 1.85. The molecule has 3 nitrogen and oxygen atoms in total. The van der Waals surface area contributed by atoms with Crippen molar-refractivity contribution in [2.24, 2.45) is 10.7 Å². The fraction of sp³-hybridized carbons (Fsp3) is 0.500. The van der Waals surface area contributed by atoms with E-state index in [4.69, 9.17) is 5.73 Å². The Hall–Kier alpha value is -0.830. The summed E-state index contributed by atoms with van der Waals surface area (Å²) in [7, 11) is 1.74. The summed E-state index contributed by atoms with van der Waals surface area (Å²) >= 11 is 0. The molecule has 0 aliphatic heterocycles. The first-order chi connectivity index (χ1) is 4.31. The maximum absolute atomic E-state index is 5.17. The zero-order chi connectivity index (χ0) is 7.11. The molecule has 0 bridgehead atoms. The van der Waals surface area contributed by atoms with Crippen LogP contribution in [-0.2, 0) is 0 Å². The van der Waals surface area contributed by atoms with Crippen molar-refractivity contribution in [1.82, 2.24) is 5.32 Å². The van der Waals surface area contributed by atoms with E-state index < -0.39 is 0 Å². The van der Waals surface area contributed by atoms with Crippen LogP contribution < -0.4 is 11.1 Å². The Morgan fingerprint density at radius 3 is 2.89 bits per heavy atom. The number of nitrogens with two attached hydrogens (primary N) is 1. The van der Waals surface area contributed by atoms with E-state index in [0.29, 0.717) is 6.67 Å². The molecule has 0 aromatic heterocycles.